The minimum atomic E-state index is -0.614. The molecule has 19 heavy (non-hydrogen) atoms. The molecule has 4 nitrogen and oxygen atoms in total. The van der Waals surface area contributed by atoms with Gasteiger partial charge >= 0.3 is 0 Å². The lowest BCUT2D eigenvalue weighted by Gasteiger charge is -2.09. The second-order valence-corrected chi connectivity index (χ2v) is 4.00. The zero-order chi connectivity index (χ0) is 13.8. The van der Waals surface area contributed by atoms with E-state index in [1.54, 1.807) is 19.2 Å². The lowest BCUT2D eigenvalue weighted by atomic mass is 10.1. The Bertz CT molecular complexity index is 597. The molecule has 0 unspecified atom stereocenters. The van der Waals surface area contributed by atoms with Gasteiger partial charge in [0.1, 0.15) is 5.75 Å². The number of pyridine rings is 1. The third-order valence-electron chi connectivity index (χ3n) is 2.67. The Morgan fingerprint density at radius 2 is 2.11 bits per heavy atom. The Kier molecular flexibility index (Phi) is 3.75. The fourth-order valence-corrected chi connectivity index (χ4v) is 1.61. The highest BCUT2D eigenvalue weighted by Crippen LogP contribution is 2.21. The number of carbonyl (C=O) groups is 1. The van der Waals surface area contributed by atoms with Crippen molar-refractivity contribution in [2.45, 2.75) is 6.92 Å². The number of nitrogens with one attached hydrogen (secondary N) is 1. The highest BCUT2D eigenvalue weighted by Gasteiger charge is 2.08. The number of benzene rings is 1. The summed E-state index contributed by atoms with van der Waals surface area (Å²) < 4.78 is 17.8. The second-order valence-electron chi connectivity index (χ2n) is 4.00. The summed E-state index contributed by atoms with van der Waals surface area (Å²) in [4.78, 5) is 15.4. The monoisotopic (exact) mass is 260 g/mol. The van der Waals surface area contributed by atoms with E-state index in [0.29, 0.717) is 11.3 Å². The van der Waals surface area contributed by atoms with Gasteiger partial charge in [-0.15, -0.1) is 0 Å². The lowest BCUT2D eigenvalue weighted by Crippen LogP contribution is -2.13. The van der Waals surface area contributed by atoms with Crippen LogP contribution in [-0.2, 0) is 0 Å². The van der Waals surface area contributed by atoms with E-state index in [4.69, 9.17) is 4.74 Å². The lowest BCUT2D eigenvalue weighted by molar-refractivity contribution is 0.102. The van der Waals surface area contributed by atoms with Crippen LogP contribution in [0.2, 0.25) is 0 Å². The second kappa shape index (κ2) is 5.48. The molecule has 2 aromatic rings. The number of halogens is 1. The Morgan fingerprint density at radius 1 is 1.32 bits per heavy atom. The van der Waals surface area contributed by atoms with Gasteiger partial charge in [0.25, 0.3) is 5.91 Å². The van der Waals surface area contributed by atoms with Crippen molar-refractivity contribution in [3.8, 4) is 5.75 Å². The van der Waals surface area contributed by atoms with Crippen molar-refractivity contribution in [2.75, 3.05) is 12.4 Å². The standard InChI is InChI=1S/C14H13FN2O2/c1-9-7-11(19-2)4-5-12(9)17-14(18)10-3-6-13(15)16-8-10/h3-8H,1-2H3,(H,17,18). The molecule has 1 aromatic carbocycles. The van der Waals surface area contributed by atoms with Crippen LogP contribution < -0.4 is 10.1 Å². The number of ether oxygens (including phenoxy) is 1. The van der Waals surface area contributed by atoms with Gasteiger partial charge in [-0.2, -0.15) is 4.39 Å². The van der Waals surface area contributed by atoms with Crippen LogP contribution in [0.25, 0.3) is 0 Å². The van der Waals surface area contributed by atoms with E-state index in [-0.39, 0.29) is 5.91 Å². The summed E-state index contributed by atoms with van der Waals surface area (Å²) in [6, 6.07) is 7.86. The van der Waals surface area contributed by atoms with Crippen molar-refractivity contribution < 1.29 is 13.9 Å². The van der Waals surface area contributed by atoms with Crippen LogP contribution in [-0.4, -0.2) is 18.0 Å². The molecular formula is C14H13FN2O2. The van der Waals surface area contributed by atoms with Gasteiger partial charge in [-0.3, -0.25) is 4.79 Å². The van der Waals surface area contributed by atoms with Crippen LogP contribution in [0.4, 0.5) is 10.1 Å². The fourth-order valence-electron chi connectivity index (χ4n) is 1.61. The molecule has 0 saturated heterocycles. The number of anilines is 1. The first-order valence-corrected chi connectivity index (χ1v) is 5.67. The predicted octanol–water partition coefficient (Wildman–Crippen LogP) is 2.79. The Morgan fingerprint density at radius 3 is 2.68 bits per heavy atom. The summed E-state index contributed by atoms with van der Waals surface area (Å²) in [5.41, 5.74) is 1.86. The first-order chi connectivity index (χ1) is 9.10. The maximum Gasteiger partial charge on any atom is 0.257 e. The minimum Gasteiger partial charge on any atom is -0.497 e. The van der Waals surface area contributed by atoms with Gasteiger partial charge in [-0.05, 0) is 42.8 Å². The highest BCUT2D eigenvalue weighted by atomic mass is 19.1. The molecular weight excluding hydrogens is 247 g/mol. The molecule has 0 bridgehead atoms. The van der Waals surface area contributed by atoms with Gasteiger partial charge in [0, 0.05) is 11.9 Å². The molecule has 0 fully saturated rings. The Hall–Kier alpha value is -2.43. The molecule has 1 aromatic heterocycles. The van der Waals surface area contributed by atoms with Gasteiger partial charge in [-0.25, -0.2) is 4.98 Å². The molecule has 0 saturated carbocycles. The number of nitrogens with zero attached hydrogens (tertiary/aromatic N) is 1. The summed E-state index contributed by atoms with van der Waals surface area (Å²) in [5, 5.41) is 2.74. The van der Waals surface area contributed by atoms with Crippen LogP contribution in [0, 0.1) is 12.9 Å². The number of methoxy groups -OCH3 is 1. The number of aryl methyl sites for hydroxylation is 1. The van der Waals surface area contributed by atoms with Crippen LogP contribution in [0.3, 0.4) is 0 Å². The third kappa shape index (κ3) is 3.07. The molecule has 1 amide bonds. The van der Waals surface area contributed by atoms with Crippen molar-refractivity contribution in [3.63, 3.8) is 0 Å². The van der Waals surface area contributed by atoms with Gasteiger partial charge in [0.05, 0.1) is 12.7 Å². The summed E-state index contributed by atoms with van der Waals surface area (Å²) in [6.45, 7) is 1.86. The number of rotatable bonds is 3. The molecule has 0 atom stereocenters. The average molecular weight is 260 g/mol. The van der Waals surface area contributed by atoms with Crippen molar-refractivity contribution in [1.29, 1.82) is 0 Å². The van der Waals surface area contributed by atoms with E-state index in [1.165, 1.54) is 12.3 Å². The summed E-state index contributed by atoms with van der Waals surface area (Å²) >= 11 is 0. The molecule has 0 aliphatic carbocycles. The summed E-state index contributed by atoms with van der Waals surface area (Å²) in [6.07, 6.45) is 1.20. The van der Waals surface area contributed by atoms with E-state index < -0.39 is 5.95 Å². The van der Waals surface area contributed by atoms with Gasteiger partial charge < -0.3 is 10.1 Å². The average Bonchev–Trinajstić information content (AvgIpc) is 2.41. The zero-order valence-electron chi connectivity index (χ0n) is 10.6. The Balaban J connectivity index is 2.17. The fraction of sp³-hybridized carbons (Fsp3) is 0.143. The molecule has 2 rings (SSSR count). The number of hydrogen-bond acceptors (Lipinski definition) is 3. The van der Waals surface area contributed by atoms with Crippen molar-refractivity contribution in [3.05, 3.63) is 53.6 Å². The third-order valence-corrected chi connectivity index (χ3v) is 2.67. The normalized spacial score (nSPS) is 10.1. The van der Waals surface area contributed by atoms with Gasteiger partial charge in [-0.1, -0.05) is 0 Å². The van der Waals surface area contributed by atoms with Crippen molar-refractivity contribution >= 4 is 11.6 Å². The van der Waals surface area contributed by atoms with E-state index in [1.807, 2.05) is 13.0 Å². The van der Waals surface area contributed by atoms with Crippen LogP contribution >= 0.6 is 0 Å². The number of aromatic nitrogens is 1. The number of hydrogen-bond donors (Lipinski definition) is 1. The SMILES string of the molecule is COc1ccc(NC(=O)c2ccc(F)nc2)c(C)c1. The zero-order valence-corrected chi connectivity index (χ0v) is 10.6. The molecule has 1 heterocycles. The summed E-state index contributed by atoms with van der Waals surface area (Å²) in [7, 11) is 1.58. The maximum atomic E-state index is 12.7. The molecule has 5 heteroatoms. The van der Waals surface area contributed by atoms with Crippen LogP contribution in [0.5, 0.6) is 5.75 Å². The first-order valence-electron chi connectivity index (χ1n) is 5.67. The van der Waals surface area contributed by atoms with E-state index in [2.05, 4.69) is 10.3 Å². The van der Waals surface area contributed by atoms with Crippen molar-refractivity contribution in [2.24, 2.45) is 0 Å². The molecule has 0 aliphatic rings. The van der Waals surface area contributed by atoms with Crippen LogP contribution in [0.1, 0.15) is 15.9 Å². The van der Waals surface area contributed by atoms with Crippen molar-refractivity contribution in [1.82, 2.24) is 4.98 Å². The molecule has 0 aliphatic heterocycles. The minimum absolute atomic E-state index is 0.302. The van der Waals surface area contributed by atoms with E-state index >= 15 is 0 Å². The largest absolute Gasteiger partial charge is 0.497 e. The molecule has 1 N–H and O–H groups in total. The maximum absolute atomic E-state index is 12.7. The van der Waals surface area contributed by atoms with Gasteiger partial charge in [0.2, 0.25) is 5.95 Å². The number of amides is 1. The predicted molar refractivity (Wildman–Crippen MR) is 69.9 cm³/mol. The molecule has 0 spiro atoms. The quantitative estimate of drug-likeness (QED) is 0.863. The summed E-state index contributed by atoms with van der Waals surface area (Å²) in [5.74, 6) is -0.225. The van der Waals surface area contributed by atoms with E-state index in [9.17, 15) is 9.18 Å². The number of carbonyl (C=O) groups excluding carboxylic acids is 1. The topological polar surface area (TPSA) is 51.2 Å². The smallest absolute Gasteiger partial charge is 0.257 e. The van der Waals surface area contributed by atoms with Crippen LogP contribution in [0.15, 0.2) is 36.5 Å². The Labute approximate surface area is 110 Å². The first kappa shape index (κ1) is 13.0. The highest BCUT2D eigenvalue weighted by molar-refractivity contribution is 6.04. The molecule has 98 valence electrons. The molecule has 0 radical (unpaired) electrons. The van der Waals surface area contributed by atoms with E-state index in [0.717, 1.165) is 17.4 Å². The van der Waals surface area contributed by atoms with Gasteiger partial charge in [0.15, 0.2) is 0 Å².